The minimum Gasteiger partial charge on any atom is -0.472 e. The number of halogens is 1. The lowest BCUT2D eigenvalue weighted by Gasteiger charge is -2.05. The van der Waals surface area contributed by atoms with Gasteiger partial charge in [0, 0.05) is 5.69 Å². The molecule has 0 aromatic carbocycles. The second-order valence-corrected chi connectivity index (χ2v) is 4.13. The predicted octanol–water partition coefficient (Wildman–Crippen LogP) is 2.65. The molecule has 0 saturated carbocycles. The molecule has 3 heterocycles. The highest BCUT2D eigenvalue weighted by molar-refractivity contribution is 6.32. The highest BCUT2D eigenvalue weighted by Crippen LogP contribution is 2.24. The van der Waals surface area contributed by atoms with Gasteiger partial charge in [0.15, 0.2) is 16.6 Å². The molecule has 86 valence electrons. The molecule has 0 saturated heterocycles. The van der Waals surface area contributed by atoms with Crippen LogP contribution >= 0.6 is 11.6 Å². The quantitative estimate of drug-likeness (QED) is 0.664. The third kappa shape index (κ3) is 1.43. The van der Waals surface area contributed by atoms with E-state index in [2.05, 4.69) is 15.2 Å². The summed E-state index contributed by atoms with van der Waals surface area (Å²) in [5.41, 5.74) is 3.24. The summed E-state index contributed by atoms with van der Waals surface area (Å²) in [6, 6.07) is 1.83. The van der Waals surface area contributed by atoms with Crippen molar-refractivity contribution in [2.45, 2.75) is 13.8 Å². The summed E-state index contributed by atoms with van der Waals surface area (Å²) < 4.78 is 6.94. The molecule has 0 unspecified atom stereocenters. The minimum absolute atomic E-state index is 0.357. The van der Waals surface area contributed by atoms with Crippen LogP contribution in [0.15, 0.2) is 23.0 Å². The van der Waals surface area contributed by atoms with Crippen molar-refractivity contribution in [3.05, 3.63) is 35.1 Å². The smallest absolute Gasteiger partial charge is 0.199 e. The van der Waals surface area contributed by atoms with Gasteiger partial charge in [-0.2, -0.15) is 0 Å². The zero-order valence-electron chi connectivity index (χ0n) is 9.31. The Morgan fingerprint density at radius 3 is 2.82 bits per heavy atom. The van der Waals surface area contributed by atoms with Crippen molar-refractivity contribution in [1.82, 2.24) is 19.6 Å². The molecule has 3 aromatic heterocycles. The first kappa shape index (κ1) is 10.3. The maximum atomic E-state index is 6.05. The molecule has 0 aliphatic rings. The normalized spacial score (nSPS) is 11.2. The van der Waals surface area contributed by atoms with E-state index in [0.717, 1.165) is 17.0 Å². The van der Waals surface area contributed by atoms with Crippen LogP contribution in [0.3, 0.4) is 0 Å². The van der Waals surface area contributed by atoms with Crippen LogP contribution in [0.2, 0.25) is 5.15 Å². The van der Waals surface area contributed by atoms with Crippen LogP contribution in [-0.4, -0.2) is 19.6 Å². The summed E-state index contributed by atoms with van der Waals surface area (Å²) in [4.78, 5) is 4.21. The Bertz CT molecular complexity index is 687. The van der Waals surface area contributed by atoms with Gasteiger partial charge in [-0.15, -0.1) is 10.2 Å². The van der Waals surface area contributed by atoms with Crippen molar-refractivity contribution in [1.29, 1.82) is 0 Å². The highest BCUT2D eigenvalue weighted by atomic mass is 35.5. The van der Waals surface area contributed by atoms with Crippen molar-refractivity contribution < 1.29 is 4.42 Å². The summed E-state index contributed by atoms with van der Waals surface area (Å²) >= 11 is 6.05. The lowest BCUT2D eigenvalue weighted by atomic mass is 10.3. The Hall–Kier alpha value is -1.88. The van der Waals surface area contributed by atoms with Gasteiger partial charge >= 0.3 is 0 Å². The van der Waals surface area contributed by atoms with Crippen LogP contribution in [-0.2, 0) is 0 Å². The Morgan fingerprint density at radius 1 is 1.29 bits per heavy atom. The van der Waals surface area contributed by atoms with Gasteiger partial charge in [0.25, 0.3) is 0 Å². The second-order valence-electron chi connectivity index (χ2n) is 3.77. The van der Waals surface area contributed by atoms with Crippen LogP contribution in [0.25, 0.3) is 17.0 Å². The molecule has 0 N–H and O–H groups in total. The first-order valence-corrected chi connectivity index (χ1v) is 5.46. The SMILES string of the molecule is Cc1nc(Cl)c2nnc(-c3ccoc3)n2c1C. The Balaban J connectivity index is 2.42. The molecule has 17 heavy (non-hydrogen) atoms. The Morgan fingerprint density at radius 2 is 2.12 bits per heavy atom. The standard InChI is InChI=1S/C11H9ClN4O/c1-6-7(2)16-10(8-3-4-17-5-8)14-15-11(16)9(12)13-6/h3-5H,1-2H3. The van der Waals surface area contributed by atoms with Crippen molar-refractivity contribution in [3.63, 3.8) is 0 Å². The van der Waals surface area contributed by atoms with Crippen molar-refractivity contribution >= 4 is 17.2 Å². The number of furan rings is 1. The van der Waals surface area contributed by atoms with Crippen LogP contribution in [0.4, 0.5) is 0 Å². The second kappa shape index (κ2) is 3.56. The molecular formula is C11H9ClN4O. The molecule has 0 atom stereocenters. The minimum atomic E-state index is 0.357. The molecular weight excluding hydrogens is 240 g/mol. The molecule has 3 aromatic rings. The zero-order chi connectivity index (χ0) is 12.0. The molecule has 0 radical (unpaired) electrons. The number of rotatable bonds is 1. The fourth-order valence-corrected chi connectivity index (χ4v) is 2.00. The van der Waals surface area contributed by atoms with Crippen LogP contribution in [0, 0.1) is 13.8 Å². The van der Waals surface area contributed by atoms with Crippen LogP contribution < -0.4 is 0 Å². The fourth-order valence-electron chi connectivity index (χ4n) is 1.75. The van der Waals surface area contributed by atoms with E-state index in [9.17, 15) is 0 Å². The monoisotopic (exact) mass is 248 g/mol. The molecule has 0 spiro atoms. The van der Waals surface area contributed by atoms with E-state index < -0.39 is 0 Å². The Kier molecular flexibility index (Phi) is 2.16. The average molecular weight is 249 g/mol. The van der Waals surface area contributed by atoms with E-state index in [1.807, 2.05) is 24.3 Å². The van der Waals surface area contributed by atoms with Gasteiger partial charge in [-0.25, -0.2) is 4.98 Å². The third-order valence-electron chi connectivity index (χ3n) is 2.75. The number of nitrogens with zero attached hydrogens (tertiary/aromatic N) is 4. The maximum absolute atomic E-state index is 6.05. The summed E-state index contributed by atoms with van der Waals surface area (Å²) in [6.45, 7) is 3.86. The van der Waals surface area contributed by atoms with Gasteiger partial charge in [-0.05, 0) is 19.9 Å². The van der Waals surface area contributed by atoms with E-state index in [1.54, 1.807) is 12.5 Å². The lowest BCUT2D eigenvalue weighted by molar-refractivity contribution is 0.568. The van der Waals surface area contributed by atoms with Gasteiger partial charge in [-0.1, -0.05) is 11.6 Å². The van der Waals surface area contributed by atoms with Gasteiger partial charge in [-0.3, -0.25) is 4.40 Å². The molecule has 0 aliphatic carbocycles. The molecule has 0 aliphatic heterocycles. The van der Waals surface area contributed by atoms with Gasteiger partial charge < -0.3 is 4.42 Å². The first-order valence-electron chi connectivity index (χ1n) is 5.09. The lowest BCUT2D eigenvalue weighted by Crippen LogP contribution is -2.00. The first-order chi connectivity index (χ1) is 8.18. The van der Waals surface area contributed by atoms with E-state index in [4.69, 9.17) is 16.0 Å². The van der Waals surface area contributed by atoms with Crippen molar-refractivity contribution in [2.75, 3.05) is 0 Å². The molecule has 5 nitrogen and oxygen atoms in total. The maximum Gasteiger partial charge on any atom is 0.199 e. The van der Waals surface area contributed by atoms with Crippen LogP contribution in [0.1, 0.15) is 11.4 Å². The fraction of sp³-hybridized carbons (Fsp3) is 0.182. The van der Waals surface area contributed by atoms with Gasteiger partial charge in [0.05, 0.1) is 17.5 Å². The summed E-state index contributed by atoms with van der Waals surface area (Å²) in [7, 11) is 0. The van der Waals surface area contributed by atoms with E-state index >= 15 is 0 Å². The molecule has 0 amide bonds. The number of aromatic nitrogens is 4. The molecule has 0 bridgehead atoms. The Labute approximate surface area is 102 Å². The summed E-state index contributed by atoms with van der Waals surface area (Å²) in [5.74, 6) is 0.707. The predicted molar refractivity (Wildman–Crippen MR) is 63.0 cm³/mol. The molecule has 0 fully saturated rings. The van der Waals surface area contributed by atoms with Crippen molar-refractivity contribution in [3.8, 4) is 11.4 Å². The van der Waals surface area contributed by atoms with Crippen molar-refractivity contribution in [2.24, 2.45) is 0 Å². The van der Waals surface area contributed by atoms with Gasteiger partial charge in [0.2, 0.25) is 0 Å². The summed E-state index contributed by atoms with van der Waals surface area (Å²) in [6.07, 6.45) is 3.22. The number of hydrogen-bond donors (Lipinski definition) is 0. The topological polar surface area (TPSA) is 56.2 Å². The van der Waals surface area contributed by atoms with Crippen LogP contribution in [0.5, 0.6) is 0 Å². The van der Waals surface area contributed by atoms with Gasteiger partial charge in [0.1, 0.15) is 6.26 Å². The highest BCUT2D eigenvalue weighted by Gasteiger charge is 2.15. The largest absolute Gasteiger partial charge is 0.472 e. The zero-order valence-corrected chi connectivity index (χ0v) is 10.1. The number of fused-ring (bicyclic) bond motifs is 1. The van der Waals surface area contributed by atoms with E-state index in [0.29, 0.717) is 16.6 Å². The third-order valence-corrected chi connectivity index (χ3v) is 3.01. The molecule has 3 rings (SSSR count). The van der Waals surface area contributed by atoms with E-state index in [-0.39, 0.29) is 0 Å². The van der Waals surface area contributed by atoms with E-state index in [1.165, 1.54) is 0 Å². The number of hydrogen-bond acceptors (Lipinski definition) is 4. The molecule has 6 heteroatoms. The average Bonchev–Trinajstić information content (AvgIpc) is 2.94. The number of aryl methyl sites for hydroxylation is 2. The summed E-state index contributed by atoms with van der Waals surface area (Å²) in [5, 5.41) is 8.54.